The Morgan fingerprint density at radius 2 is 1.68 bits per heavy atom. The number of methoxy groups -OCH3 is 1. The van der Waals surface area contributed by atoms with Gasteiger partial charge in [-0.2, -0.15) is 21.8 Å². The highest BCUT2D eigenvalue weighted by Gasteiger charge is 2.38. The molecule has 1 fully saturated rings. The van der Waals surface area contributed by atoms with Crippen molar-refractivity contribution in [3.05, 3.63) is 28.7 Å². The van der Waals surface area contributed by atoms with Crippen LogP contribution < -0.4 is 5.32 Å². The Labute approximate surface area is 205 Å². The van der Waals surface area contributed by atoms with Crippen LogP contribution in [0.2, 0.25) is 0 Å². The first-order chi connectivity index (χ1) is 15.7. The maximum atomic E-state index is 13.0. The monoisotopic (exact) mass is 597 g/mol. The van der Waals surface area contributed by atoms with Gasteiger partial charge in [-0.05, 0) is 30.7 Å². The average molecular weight is 598 g/mol. The molecule has 1 saturated heterocycles. The van der Waals surface area contributed by atoms with Gasteiger partial charge in [-0.3, -0.25) is 0 Å². The SMILES string of the molecule is COCCCN(CCS(=O)(=O)N1CCNCC1)S(=O)(=O)c1ccc(Br)cc1.O=C(O)C(F)(F)F. The predicted octanol–water partition coefficient (Wildman–Crippen LogP) is 1.34. The average Bonchev–Trinajstić information content (AvgIpc) is 2.76. The minimum atomic E-state index is -5.08. The number of rotatable bonds is 10. The molecule has 1 aliphatic heterocycles. The molecule has 0 saturated carbocycles. The zero-order chi connectivity index (χ0) is 26.0. The van der Waals surface area contributed by atoms with Crippen LogP contribution >= 0.6 is 15.9 Å². The third kappa shape index (κ3) is 10.1. The standard InChI is InChI=1S/C16H26BrN3O5S2.C2HF3O2/c1-25-13-2-9-20(27(23,24)16-5-3-15(17)4-6-16)12-14-26(21,22)19-10-7-18-8-11-19;3-2(4,5)1(6)7/h3-6,18H,2,7-14H2,1H3;(H,6,7). The molecule has 2 N–H and O–H groups in total. The van der Waals surface area contributed by atoms with Gasteiger partial charge in [0, 0.05) is 57.5 Å². The van der Waals surface area contributed by atoms with E-state index >= 15 is 0 Å². The predicted molar refractivity (Wildman–Crippen MR) is 121 cm³/mol. The minimum absolute atomic E-state index is 0.0889. The normalized spacial score (nSPS) is 15.6. The number of nitrogens with one attached hydrogen (secondary N) is 1. The second-order valence-electron chi connectivity index (χ2n) is 6.97. The van der Waals surface area contributed by atoms with Gasteiger partial charge in [0.05, 0.1) is 10.6 Å². The summed E-state index contributed by atoms with van der Waals surface area (Å²) in [4.78, 5) is 9.04. The van der Waals surface area contributed by atoms with E-state index in [-0.39, 0.29) is 23.7 Å². The third-order valence-corrected chi connectivity index (χ3v) is 8.81. The Bertz CT molecular complexity index is 985. The number of alkyl halides is 3. The fourth-order valence-electron chi connectivity index (χ4n) is 2.76. The molecule has 0 unspecified atom stereocenters. The number of halogens is 4. The van der Waals surface area contributed by atoms with E-state index in [1.54, 1.807) is 19.2 Å². The molecule has 0 aliphatic carbocycles. The van der Waals surface area contributed by atoms with Crippen molar-refractivity contribution in [3.8, 4) is 0 Å². The summed E-state index contributed by atoms with van der Waals surface area (Å²) in [5.41, 5.74) is 0. The van der Waals surface area contributed by atoms with Gasteiger partial charge in [-0.1, -0.05) is 15.9 Å². The molecule has 16 heteroatoms. The van der Waals surface area contributed by atoms with Crippen molar-refractivity contribution in [1.29, 1.82) is 0 Å². The molecule has 196 valence electrons. The fraction of sp³-hybridized carbons (Fsp3) is 0.611. The van der Waals surface area contributed by atoms with Gasteiger partial charge in [0.2, 0.25) is 20.0 Å². The Hall–Kier alpha value is -1.30. The van der Waals surface area contributed by atoms with Crippen LogP contribution in [0.15, 0.2) is 33.6 Å². The van der Waals surface area contributed by atoms with Crippen molar-refractivity contribution in [2.24, 2.45) is 0 Å². The summed E-state index contributed by atoms with van der Waals surface area (Å²) in [5.74, 6) is -3.00. The zero-order valence-electron chi connectivity index (χ0n) is 18.3. The lowest BCUT2D eigenvalue weighted by molar-refractivity contribution is -0.192. The lowest BCUT2D eigenvalue weighted by atomic mass is 10.4. The van der Waals surface area contributed by atoms with Crippen LogP contribution in [0.3, 0.4) is 0 Å². The molecule has 0 amide bonds. The van der Waals surface area contributed by atoms with Crippen LogP contribution in [0.4, 0.5) is 13.2 Å². The maximum Gasteiger partial charge on any atom is 0.490 e. The smallest absolute Gasteiger partial charge is 0.475 e. The Morgan fingerprint density at radius 1 is 1.15 bits per heavy atom. The van der Waals surface area contributed by atoms with Gasteiger partial charge in [-0.15, -0.1) is 0 Å². The zero-order valence-corrected chi connectivity index (χ0v) is 21.5. The van der Waals surface area contributed by atoms with Crippen molar-refractivity contribution in [1.82, 2.24) is 13.9 Å². The fourth-order valence-corrected chi connectivity index (χ4v) is 6.07. The van der Waals surface area contributed by atoms with Crippen LogP contribution in [0.25, 0.3) is 0 Å². The van der Waals surface area contributed by atoms with E-state index in [9.17, 15) is 30.0 Å². The van der Waals surface area contributed by atoms with E-state index in [1.165, 1.54) is 20.7 Å². The van der Waals surface area contributed by atoms with E-state index < -0.39 is 32.2 Å². The Balaban J connectivity index is 0.000000718. The number of ether oxygens (including phenoxy) is 1. The van der Waals surface area contributed by atoms with E-state index in [0.29, 0.717) is 39.2 Å². The van der Waals surface area contributed by atoms with Gasteiger partial charge in [0.25, 0.3) is 0 Å². The molecule has 1 aromatic rings. The number of nitrogens with zero attached hydrogens (tertiary/aromatic N) is 2. The molecular formula is C18H27BrF3N3O7S2. The molecule has 10 nitrogen and oxygen atoms in total. The Kier molecular flexibility index (Phi) is 12.4. The molecule has 0 spiro atoms. The van der Waals surface area contributed by atoms with E-state index in [2.05, 4.69) is 21.2 Å². The van der Waals surface area contributed by atoms with Crippen LogP contribution in [0.5, 0.6) is 0 Å². The summed E-state index contributed by atoms with van der Waals surface area (Å²) in [6.07, 6.45) is -4.60. The van der Waals surface area contributed by atoms with Crippen LogP contribution in [0.1, 0.15) is 6.42 Å². The topological polar surface area (TPSA) is 133 Å². The van der Waals surface area contributed by atoms with Crippen molar-refractivity contribution in [3.63, 3.8) is 0 Å². The number of carbonyl (C=O) groups is 1. The lowest BCUT2D eigenvalue weighted by Crippen LogP contribution is -2.48. The second kappa shape index (κ2) is 13.7. The van der Waals surface area contributed by atoms with Crippen molar-refractivity contribution >= 4 is 41.9 Å². The maximum absolute atomic E-state index is 13.0. The van der Waals surface area contributed by atoms with Crippen molar-refractivity contribution < 1.29 is 44.6 Å². The Morgan fingerprint density at radius 3 is 2.15 bits per heavy atom. The van der Waals surface area contributed by atoms with Crippen LogP contribution in [-0.4, -0.2) is 101 Å². The minimum Gasteiger partial charge on any atom is -0.475 e. The van der Waals surface area contributed by atoms with Gasteiger partial charge in [-0.25, -0.2) is 21.6 Å². The molecule has 0 radical (unpaired) electrons. The molecular weight excluding hydrogens is 571 g/mol. The highest BCUT2D eigenvalue weighted by molar-refractivity contribution is 9.10. The number of hydrogen-bond donors (Lipinski definition) is 2. The van der Waals surface area contributed by atoms with Crippen LogP contribution in [-0.2, 0) is 29.6 Å². The first-order valence-corrected chi connectivity index (χ1v) is 13.8. The van der Waals surface area contributed by atoms with Crippen molar-refractivity contribution in [2.75, 3.05) is 58.7 Å². The van der Waals surface area contributed by atoms with Crippen molar-refractivity contribution in [2.45, 2.75) is 17.5 Å². The summed E-state index contributed by atoms with van der Waals surface area (Å²) in [6, 6.07) is 6.32. The quantitative estimate of drug-likeness (QED) is 0.386. The number of piperazine rings is 1. The van der Waals surface area contributed by atoms with Gasteiger partial charge >= 0.3 is 12.1 Å². The summed E-state index contributed by atoms with van der Waals surface area (Å²) in [5, 5.41) is 10.2. The first-order valence-electron chi connectivity index (χ1n) is 9.95. The van der Waals surface area contributed by atoms with Crippen LogP contribution in [0, 0.1) is 0 Å². The summed E-state index contributed by atoms with van der Waals surface area (Å²) in [7, 11) is -5.76. The number of sulfonamides is 2. The van der Waals surface area contributed by atoms with E-state index in [0.717, 1.165) is 4.47 Å². The van der Waals surface area contributed by atoms with Gasteiger partial charge in [0.15, 0.2) is 0 Å². The second-order valence-corrected chi connectivity index (χ2v) is 11.9. The molecule has 34 heavy (non-hydrogen) atoms. The highest BCUT2D eigenvalue weighted by atomic mass is 79.9. The number of aliphatic carboxylic acids is 1. The number of hydrogen-bond acceptors (Lipinski definition) is 7. The summed E-state index contributed by atoms with van der Waals surface area (Å²) >= 11 is 3.29. The molecule has 0 aromatic heterocycles. The van der Waals surface area contributed by atoms with E-state index in [4.69, 9.17) is 14.6 Å². The molecule has 1 heterocycles. The first kappa shape index (κ1) is 30.7. The molecule has 1 aliphatic rings. The summed E-state index contributed by atoms with van der Waals surface area (Å²) < 4.78 is 91.3. The number of benzene rings is 1. The largest absolute Gasteiger partial charge is 0.490 e. The van der Waals surface area contributed by atoms with E-state index in [1.807, 2.05) is 0 Å². The molecule has 2 rings (SSSR count). The third-order valence-electron chi connectivity index (χ3n) is 4.52. The molecule has 0 atom stereocenters. The van der Waals surface area contributed by atoms with Gasteiger partial charge in [0.1, 0.15) is 0 Å². The summed E-state index contributed by atoms with van der Waals surface area (Å²) in [6.45, 7) is 2.54. The highest BCUT2D eigenvalue weighted by Crippen LogP contribution is 2.19. The lowest BCUT2D eigenvalue weighted by Gasteiger charge is -2.28. The number of carboxylic acids is 1. The molecule has 0 bridgehead atoms. The van der Waals surface area contributed by atoms with Gasteiger partial charge < -0.3 is 15.2 Å². The number of carboxylic acid groups (broad SMARTS) is 1. The molecule has 1 aromatic carbocycles.